The maximum atomic E-state index is 10.6. The zero-order valence-electron chi connectivity index (χ0n) is 10.2. The first kappa shape index (κ1) is 13.5. The smallest absolute Gasteiger partial charge is 0.269 e. The topological polar surface area (TPSA) is 68.1 Å². The molecule has 0 spiro atoms. The highest BCUT2D eigenvalue weighted by Crippen LogP contribution is 2.25. The fraction of sp³-hybridized carbons (Fsp3) is 0.154. The number of halogens is 1. The van der Waals surface area contributed by atoms with E-state index in [1.165, 1.54) is 12.1 Å². The Kier molecular flexibility index (Phi) is 4.11. The Bertz CT molecular complexity index is 587. The number of hydrogen-bond donors (Lipinski definition) is 1. The molecule has 1 atom stereocenters. The lowest BCUT2D eigenvalue weighted by Gasteiger charge is -2.16. The van der Waals surface area contributed by atoms with Gasteiger partial charge in [0, 0.05) is 24.4 Å². The third-order valence-electron chi connectivity index (χ3n) is 2.74. The third kappa shape index (κ3) is 3.29. The molecule has 0 aliphatic carbocycles. The van der Waals surface area contributed by atoms with Gasteiger partial charge in [-0.1, -0.05) is 12.1 Å². The van der Waals surface area contributed by atoms with Gasteiger partial charge in [-0.15, -0.1) is 0 Å². The van der Waals surface area contributed by atoms with E-state index in [1.807, 2.05) is 19.1 Å². The minimum atomic E-state index is -0.403. The Hall–Kier alpha value is -1.95. The Morgan fingerprint density at radius 3 is 2.58 bits per heavy atom. The zero-order valence-corrected chi connectivity index (χ0v) is 11.8. The van der Waals surface area contributed by atoms with Crippen molar-refractivity contribution >= 4 is 27.3 Å². The van der Waals surface area contributed by atoms with Crippen LogP contribution in [-0.2, 0) is 0 Å². The summed E-state index contributed by atoms with van der Waals surface area (Å²) in [7, 11) is 0. The van der Waals surface area contributed by atoms with Crippen LogP contribution in [0.1, 0.15) is 18.5 Å². The van der Waals surface area contributed by atoms with Gasteiger partial charge in [-0.05, 0) is 40.5 Å². The minimum absolute atomic E-state index is 0.0290. The lowest BCUT2D eigenvalue weighted by atomic mass is 10.1. The molecule has 0 bridgehead atoms. The van der Waals surface area contributed by atoms with Crippen LogP contribution in [0.4, 0.5) is 11.4 Å². The van der Waals surface area contributed by atoms with Crippen LogP contribution in [0.3, 0.4) is 0 Å². The van der Waals surface area contributed by atoms with E-state index >= 15 is 0 Å². The van der Waals surface area contributed by atoms with Gasteiger partial charge in [0.05, 0.1) is 10.6 Å². The molecule has 0 aliphatic rings. The number of nitro groups is 1. The van der Waals surface area contributed by atoms with Crippen molar-refractivity contribution in [2.75, 3.05) is 5.32 Å². The zero-order chi connectivity index (χ0) is 13.8. The third-order valence-corrected chi connectivity index (χ3v) is 3.37. The van der Waals surface area contributed by atoms with E-state index in [0.717, 1.165) is 15.9 Å². The van der Waals surface area contributed by atoms with Crippen molar-refractivity contribution < 1.29 is 4.92 Å². The van der Waals surface area contributed by atoms with Gasteiger partial charge in [-0.3, -0.25) is 10.1 Å². The molecule has 2 aromatic rings. The Morgan fingerprint density at radius 2 is 2.00 bits per heavy atom. The van der Waals surface area contributed by atoms with Crippen LogP contribution in [-0.4, -0.2) is 9.91 Å². The largest absolute Gasteiger partial charge is 0.376 e. The molecule has 1 unspecified atom stereocenters. The Morgan fingerprint density at radius 1 is 1.32 bits per heavy atom. The molecule has 1 aromatic carbocycles. The highest BCUT2D eigenvalue weighted by Gasteiger charge is 2.10. The normalized spacial score (nSPS) is 11.9. The number of pyridine rings is 1. The molecular formula is C13H12BrN3O2. The van der Waals surface area contributed by atoms with Crippen LogP contribution in [0.25, 0.3) is 0 Å². The SMILES string of the molecule is CC(Nc1cccnc1Br)c1ccc([N+](=O)[O-])cc1. The summed E-state index contributed by atoms with van der Waals surface area (Å²) in [6, 6.07) is 10.3. The minimum Gasteiger partial charge on any atom is -0.376 e. The first-order valence-electron chi connectivity index (χ1n) is 5.69. The van der Waals surface area contributed by atoms with E-state index in [-0.39, 0.29) is 11.7 Å². The summed E-state index contributed by atoms with van der Waals surface area (Å²) in [5.74, 6) is 0. The first-order chi connectivity index (χ1) is 9.08. The van der Waals surface area contributed by atoms with Gasteiger partial charge in [0.25, 0.3) is 5.69 Å². The van der Waals surface area contributed by atoms with Crippen LogP contribution >= 0.6 is 15.9 Å². The van der Waals surface area contributed by atoms with Crippen molar-refractivity contribution in [1.82, 2.24) is 4.98 Å². The predicted octanol–water partition coefficient (Wildman–Crippen LogP) is 3.93. The number of nitro benzene ring substituents is 1. The van der Waals surface area contributed by atoms with Gasteiger partial charge in [0.15, 0.2) is 0 Å². The number of nitrogens with zero attached hydrogens (tertiary/aromatic N) is 2. The molecule has 98 valence electrons. The van der Waals surface area contributed by atoms with Gasteiger partial charge in [0.2, 0.25) is 0 Å². The van der Waals surface area contributed by atoms with E-state index < -0.39 is 4.92 Å². The van der Waals surface area contributed by atoms with Crippen molar-refractivity contribution in [2.45, 2.75) is 13.0 Å². The molecule has 0 amide bonds. The highest BCUT2D eigenvalue weighted by atomic mass is 79.9. The first-order valence-corrected chi connectivity index (χ1v) is 6.48. The number of aromatic nitrogens is 1. The van der Waals surface area contributed by atoms with Crippen molar-refractivity contribution in [1.29, 1.82) is 0 Å². The number of nitrogens with one attached hydrogen (secondary N) is 1. The van der Waals surface area contributed by atoms with Gasteiger partial charge in [0.1, 0.15) is 4.60 Å². The molecule has 1 N–H and O–H groups in total. The second-order valence-corrected chi connectivity index (χ2v) is 4.81. The van der Waals surface area contributed by atoms with Crippen LogP contribution in [0, 0.1) is 10.1 Å². The molecule has 1 heterocycles. The highest BCUT2D eigenvalue weighted by molar-refractivity contribution is 9.10. The molecule has 6 heteroatoms. The molecule has 0 radical (unpaired) electrons. The molecule has 0 fully saturated rings. The summed E-state index contributed by atoms with van der Waals surface area (Å²) in [6.45, 7) is 1.99. The number of rotatable bonds is 4. The van der Waals surface area contributed by atoms with Crippen molar-refractivity contribution in [2.24, 2.45) is 0 Å². The molecule has 5 nitrogen and oxygen atoms in total. The lowest BCUT2D eigenvalue weighted by molar-refractivity contribution is -0.384. The van der Waals surface area contributed by atoms with Crippen LogP contribution in [0.5, 0.6) is 0 Å². The number of anilines is 1. The summed E-state index contributed by atoms with van der Waals surface area (Å²) in [4.78, 5) is 14.3. The molecule has 0 saturated heterocycles. The molecule has 0 aliphatic heterocycles. The van der Waals surface area contributed by atoms with Gasteiger partial charge in [-0.2, -0.15) is 0 Å². The van der Waals surface area contributed by atoms with E-state index in [2.05, 4.69) is 26.2 Å². The van der Waals surface area contributed by atoms with Gasteiger partial charge in [-0.25, -0.2) is 4.98 Å². The lowest BCUT2D eigenvalue weighted by Crippen LogP contribution is -2.07. The monoisotopic (exact) mass is 321 g/mol. The fourth-order valence-electron chi connectivity index (χ4n) is 1.70. The van der Waals surface area contributed by atoms with Gasteiger partial charge < -0.3 is 5.32 Å². The average molecular weight is 322 g/mol. The second kappa shape index (κ2) is 5.79. The average Bonchev–Trinajstić information content (AvgIpc) is 2.41. The maximum Gasteiger partial charge on any atom is 0.269 e. The molecule has 19 heavy (non-hydrogen) atoms. The Balaban J connectivity index is 2.14. The predicted molar refractivity (Wildman–Crippen MR) is 77.1 cm³/mol. The van der Waals surface area contributed by atoms with E-state index in [1.54, 1.807) is 18.3 Å². The summed E-state index contributed by atoms with van der Waals surface area (Å²) in [6.07, 6.45) is 1.70. The Labute approximate surface area is 119 Å². The number of benzene rings is 1. The van der Waals surface area contributed by atoms with Gasteiger partial charge >= 0.3 is 0 Å². The number of non-ortho nitro benzene ring substituents is 1. The summed E-state index contributed by atoms with van der Waals surface area (Å²) < 4.78 is 0.740. The standard InChI is InChI=1S/C13H12BrN3O2/c1-9(16-12-3-2-8-15-13(12)14)10-4-6-11(7-5-10)17(18)19/h2-9,16H,1H3. The van der Waals surface area contributed by atoms with Crippen LogP contribution < -0.4 is 5.32 Å². The van der Waals surface area contributed by atoms with Crippen molar-refractivity contribution in [3.8, 4) is 0 Å². The molecule has 2 rings (SSSR count). The summed E-state index contributed by atoms with van der Waals surface area (Å²) >= 11 is 3.37. The van der Waals surface area contributed by atoms with Crippen LogP contribution in [0.15, 0.2) is 47.2 Å². The van der Waals surface area contributed by atoms with Crippen molar-refractivity contribution in [3.05, 3.63) is 62.9 Å². The van der Waals surface area contributed by atoms with E-state index in [9.17, 15) is 10.1 Å². The summed E-state index contributed by atoms with van der Waals surface area (Å²) in [5, 5.41) is 13.9. The van der Waals surface area contributed by atoms with E-state index in [4.69, 9.17) is 0 Å². The van der Waals surface area contributed by atoms with E-state index in [0.29, 0.717) is 0 Å². The molecule has 0 saturated carbocycles. The number of hydrogen-bond acceptors (Lipinski definition) is 4. The fourth-order valence-corrected chi connectivity index (χ4v) is 2.06. The van der Waals surface area contributed by atoms with Crippen LogP contribution in [0.2, 0.25) is 0 Å². The molecule has 1 aromatic heterocycles. The quantitative estimate of drug-likeness (QED) is 0.526. The summed E-state index contributed by atoms with van der Waals surface area (Å²) in [5.41, 5.74) is 1.95. The molecular weight excluding hydrogens is 310 g/mol. The van der Waals surface area contributed by atoms with Crippen molar-refractivity contribution in [3.63, 3.8) is 0 Å². The second-order valence-electron chi connectivity index (χ2n) is 4.06. The maximum absolute atomic E-state index is 10.6.